The van der Waals surface area contributed by atoms with Gasteiger partial charge in [0, 0.05) is 5.56 Å². The van der Waals surface area contributed by atoms with Crippen LogP contribution in [-0.4, -0.2) is 11.6 Å². The molecule has 1 aliphatic carbocycles. The van der Waals surface area contributed by atoms with E-state index in [-0.39, 0.29) is 28.4 Å². The van der Waals surface area contributed by atoms with Gasteiger partial charge in [-0.3, -0.25) is 9.59 Å². The molecule has 1 unspecified atom stereocenters. The van der Waals surface area contributed by atoms with Crippen molar-refractivity contribution >= 4 is 19.4 Å². The fourth-order valence-corrected chi connectivity index (χ4v) is 3.32. The fourth-order valence-electron chi connectivity index (χ4n) is 2.04. The van der Waals surface area contributed by atoms with Gasteiger partial charge in [0.1, 0.15) is 5.75 Å². The predicted molar refractivity (Wildman–Crippen MR) is 52.5 cm³/mol. The molecular weight excluding hydrogens is 247 g/mol. The van der Waals surface area contributed by atoms with Crippen LogP contribution in [0, 0.1) is 0 Å². The Balaban J connectivity index is 2.20. The van der Waals surface area contributed by atoms with E-state index in [4.69, 9.17) is 13.6 Å². The lowest BCUT2D eigenvalue weighted by atomic mass is 9.91. The van der Waals surface area contributed by atoms with E-state index in [9.17, 15) is 14.2 Å². The van der Waals surface area contributed by atoms with Crippen molar-refractivity contribution in [3.8, 4) is 5.75 Å². The van der Waals surface area contributed by atoms with E-state index >= 15 is 0 Å². The molecule has 0 N–H and O–H groups in total. The topological polar surface area (TPSA) is 78.9 Å². The van der Waals surface area contributed by atoms with E-state index in [1.807, 2.05) is 0 Å². The maximum Gasteiger partial charge on any atom is 0.647 e. The average molecular weight is 250 g/mol. The Morgan fingerprint density at radius 2 is 1.65 bits per heavy atom. The van der Waals surface area contributed by atoms with Gasteiger partial charge >= 0.3 is 7.82 Å². The SMILES string of the molecule is O=C1C2=C3OP(=O)(O2)Oc2cccc1c2C3=O. The minimum Gasteiger partial charge on any atom is -0.385 e. The first kappa shape index (κ1) is 9.01. The molecule has 0 aromatic heterocycles. The van der Waals surface area contributed by atoms with Crippen LogP contribution in [0.25, 0.3) is 0 Å². The lowest BCUT2D eigenvalue weighted by molar-refractivity contribution is 0.0927. The zero-order valence-corrected chi connectivity index (χ0v) is 9.02. The number of phosphoric ester groups is 1. The summed E-state index contributed by atoms with van der Waals surface area (Å²) in [6, 6.07) is 4.48. The van der Waals surface area contributed by atoms with E-state index in [0.717, 1.165) is 0 Å². The summed E-state index contributed by atoms with van der Waals surface area (Å²) < 4.78 is 26.7. The summed E-state index contributed by atoms with van der Waals surface area (Å²) in [5.74, 6) is -1.60. The molecule has 7 heteroatoms. The largest absolute Gasteiger partial charge is 0.647 e. The molecular formula is C10H3O6P. The van der Waals surface area contributed by atoms with Crippen molar-refractivity contribution in [3.05, 3.63) is 40.8 Å². The molecule has 0 amide bonds. The van der Waals surface area contributed by atoms with Crippen molar-refractivity contribution in [1.82, 2.24) is 0 Å². The van der Waals surface area contributed by atoms with Crippen molar-refractivity contribution in [2.24, 2.45) is 0 Å². The summed E-state index contributed by atoms with van der Waals surface area (Å²) in [6.45, 7) is 0. The van der Waals surface area contributed by atoms with Gasteiger partial charge < -0.3 is 13.6 Å². The number of carbonyl (C=O) groups excluding carboxylic acids is 2. The summed E-state index contributed by atoms with van der Waals surface area (Å²) in [6.07, 6.45) is 0. The highest BCUT2D eigenvalue weighted by molar-refractivity contribution is 7.49. The van der Waals surface area contributed by atoms with Crippen LogP contribution in [-0.2, 0) is 13.6 Å². The number of carbonyl (C=O) groups is 2. The van der Waals surface area contributed by atoms with Crippen LogP contribution in [0.15, 0.2) is 29.7 Å². The Labute approximate surface area is 94.4 Å². The number of ketones is 2. The van der Waals surface area contributed by atoms with Gasteiger partial charge in [0.15, 0.2) is 0 Å². The molecule has 0 radical (unpaired) electrons. The molecule has 4 rings (SSSR count). The summed E-state index contributed by atoms with van der Waals surface area (Å²) in [4.78, 5) is 24.0. The predicted octanol–water partition coefficient (Wildman–Crippen LogP) is 1.82. The van der Waals surface area contributed by atoms with Gasteiger partial charge in [-0.15, -0.1) is 0 Å². The Morgan fingerprint density at radius 3 is 2.41 bits per heavy atom. The molecule has 2 aliphatic heterocycles. The van der Waals surface area contributed by atoms with Crippen molar-refractivity contribution < 1.29 is 27.7 Å². The third-order valence-electron chi connectivity index (χ3n) is 2.73. The summed E-state index contributed by atoms with van der Waals surface area (Å²) in [5, 5.41) is 0. The molecule has 3 aliphatic rings. The number of hydrogen-bond acceptors (Lipinski definition) is 6. The van der Waals surface area contributed by atoms with Gasteiger partial charge in [0.2, 0.25) is 23.1 Å². The van der Waals surface area contributed by atoms with Crippen LogP contribution < -0.4 is 4.52 Å². The Bertz CT molecular complexity index is 701. The standard InChI is InChI=1S/C10H3O6P/c11-7-4-2-1-3-5-6(4)8(12)10-9(7)15-17(13,14-5)16-10/h1-3H. The van der Waals surface area contributed by atoms with Crippen LogP contribution in [0.4, 0.5) is 0 Å². The normalized spacial score (nSPS) is 27.5. The van der Waals surface area contributed by atoms with Gasteiger partial charge in [-0.2, -0.15) is 4.57 Å². The smallest absolute Gasteiger partial charge is 0.385 e. The van der Waals surface area contributed by atoms with E-state index in [1.54, 1.807) is 6.07 Å². The number of allylic oxidation sites excluding steroid dienone is 2. The average Bonchev–Trinajstić information content (AvgIpc) is 2.59. The first-order valence-electron chi connectivity index (χ1n) is 4.74. The van der Waals surface area contributed by atoms with Crippen molar-refractivity contribution in [2.45, 2.75) is 0 Å². The minimum absolute atomic E-state index is 0.0536. The number of phosphoric acid groups is 1. The van der Waals surface area contributed by atoms with Crippen molar-refractivity contribution in [1.29, 1.82) is 0 Å². The van der Waals surface area contributed by atoms with Crippen LogP contribution >= 0.6 is 7.82 Å². The van der Waals surface area contributed by atoms with Gasteiger partial charge in [0.05, 0.1) is 5.56 Å². The van der Waals surface area contributed by atoms with E-state index in [0.29, 0.717) is 0 Å². The highest BCUT2D eigenvalue weighted by atomic mass is 31.2. The molecule has 6 nitrogen and oxygen atoms in total. The number of rotatable bonds is 0. The molecule has 2 heterocycles. The van der Waals surface area contributed by atoms with Gasteiger partial charge in [-0.1, -0.05) is 6.07 Å². The third kappa shape index (κ3) is 0.900. The number of fused-ring (bicyclic) bond motifs is 1. The van der Waals surface area contributed by atoms with E-state index in [2.05, 4.69) is 0 Å². The third-order valence-corrected chi connectivity index (χ3v) is 3.97. The quantitative estimate of drug-likeness (QED) is 0.653. The molecule has 1 atom stereocenters. The Morgan fingerprint density at radius 1 is 0.941 bits per heavy atom. The second-order valence-electron chi connectivity index (χ2n) is 3.72. The number of hydrogen-bond donors (Lipinski definition) is 0. The summed E-state index contributed by atoms with van der Waals surface area (Å²) in [5.41, 5.74) is 0.278. The second-order valence-corrected chi connectivity index (χ2v) is 5.16. The van der Waals surface area contributed by atoms with Gasteiger partial charge in [0.25, 0.3) is 0 Å². The van der Waals surface area contributed by atoms with Crippen LogP contribution in [0.1, 0.15) is 20.7 Å². The summed E-state index contributed by atoms with van der Waals surface area (Å²) in [7, 11) is -3.90. The number of Topliss-reactive ketones (excluding diaryl/α,β-unsaturated/α-hetero) is 2. The zero-order chi connectivity index (χ0) is 11.8. The first-order chi connectivity index (χ1) is 8.09. The molecule has 0 saturated carbocycles. The molecule has 0 saturated heterocycles. The Hall–Kier alpha value is -2.07. The van der Waals surface area contributed by atoms with Gasteiger partial charge in [-0.05, 0) is 12.1 Å². The maximum atomic E-state index is 12.0. The lowest BCUT2D eigenvalue weighted by Crippen LogP contribution is -2.21. The van der Waals surface area contributed by atoms with Gasteiger partial charge in [-0.25, -0.2) is 0 Å². The van der Waals surface area contributed by atoms with Crippen molar-refractivity contribution in [2.75, 3.05) is 0 Å². The Kier molecular flexibility index (Phi) is 1.29. The van der Waals surface area contributed by atoms with Crippen LogP contribution in [0.2, 0.25) is 0 Å². The first-order valence-corrected chi connectivity index (χ1v) is 6.21. The second kappa shape index (κ2) is 2.43. The lowest BCUT2D eigenvalue weighted by Gasteiger charge is -2.18. The molecule has 3 bridgehead atoms. The molecule has 1 aromatic carbocycles. The minimum atomic E-state index is -3.90. The van der Waals surface area contributed by atoms with E-state index < -0.39 is 19.4 Å². The maximum absolute atomic E-state index is 12.0. The van der Waals surface area contributed by atoms with Crippen LogP contribution in [0.3, 0.4) is 0 Å². The zero-order valence-electron chi connectivity index (χ0n) is 8.13. The monoisotopic (exact) mass is 250 g/mol. The fraction of sp³-hybridized carbons (Fsp3) is 0. The highest BCUT2D eigenvalue weighted by Crippen LogP contribution is 2.63. The molecule has 1 aromatic rings. The van der Waals surface area contributed by atoms with Crippen molar-refractivity contribution in [3.63, 3.8) is 0 Å². The summed E-state index contributed by atoms with van der Waals surface area (Å²) >= 11 is 0. The highest BCUT2D eigenvalue weighted by Gasteiger charge is 2.55. The molecule has 84 valence electrons. The molecule has 0 spiro atoms. The molecule has 0 fully saturated rings. The number of benzene rings is 1. The molecule has 17 heavy (non-hydrogen) atoms. The van der Waals surface area contributed by atoms with E-state index in [1.165, 1.54) is 12.1 Å². The van der Waals surface area contributed by atoms with Crippen LogP contribution in [0.5, 0.6) is 5.75 Å².